The smallest absolute Gasteiger partial charge is 0.110 e. The van der Waals surface area contributed by atoms with E-state index in [4.69, 9.17) is 4.98 Å². The summed E-state index contributed by atoms with van der Waals surface area (Å²) in [6.45, 7) is 6.57. The number of pyridine rings is 1. The quantitative estimate of drug-likeness (QED) is 0.498. The van der Waals surface area contributed by atoms with Crippen LogP contribution < -0.4 is 5.32 Å². The average molecular weight is 471 g/mol. The molecule has 184 valence electrons. The Morgan fingerprint density at radius 3 is 2.74 bits per heavy atom. The van der Waals surface area contributed by atoms with Crippen LogP contribution in [-0.2, 0) is 6.42 Å². The van der Waals surface area contributed by atoms with Crippen LogP contribution in [0.15, 0.2) is 36.7 Å². The number of hydrogen-bond donors (Lipinski definition) is 2. The van der Waals surface area contributed by atoms with E-state index in [1.54, 1.807) is 6.92 Å². The second kappa shape index (κ2) is 10.4. The molecule has 5 rings (SSSR count). The summed E-state index contributed by atoms with van der Waals surface area (Å²) in [6, 6.07) is 8.77. The molecule has 34 heavy (non-hydrogen) atoms. The number of H-pyrrole nitrogens is 1. The Morgan fingerprint density at radius 2 is 2.03 bits per heavy atom. The predicted molar refractivity (Wildman–Crippen MR) is 134 cm³/mol. The molecule has 0 aliphatic carbocycles. The molecule has 0 amide bonds. The summed E-state index contributed by atoms with van der Waals surface area (Å²) in [7, 11) is 0. The summed E-state index contributed by atoms with van der Waals surface area (Å²) in [4.78, 5) is 9.32. The lowest BCUT2D eigenvalue weighted by Gasteiger charge is -2.42. The SMILES string of the molecule is C.CC(F)CN1[C@H](c2ccc(NC3CN(CCCF)C3)cn2)c2ccc3[nH]ncc3c2C[C@H]1C. The average Bonchev–Trinajstić information content (AvgIpc) is 3.25. The second-order valence-corrected chi connectivity index (χ2v) is 9.51. The van der Waals surface area contributed by atoms with Crippen molar-refractivity contribution in [2.45, 2.75) is 58.4 Å². The number of hydrogen-bond acceptors (Lipinski definition) is 5. The summed E-state index contributed by atoms with van der Waals surface area (Å²) in [5.74, 6) is 0. The molecule has 0 spiro atoms. The van der Waals surface area contributed by atoms with Gasteiger partial charge in [0.15, 0.2) is 0 Å². The highest BCUT2D eigenvalue weighted by Gasteiger charge is 2.36. The molecule has 0 bridgehead atoms. The lowest BCUT2D eigenvalue weighted by atomic mass is 9.85. The van der Waals surface area contributed by atoms with Crippen molar-refractivity contribution < 1.29 is 8.78 Å². The zero-order valence-corrected chi connectivity index (χ0v) is 19.3. The van der Waals surface area contributed by atoms with Gasteiger partial charge in [-0.3, -0.25) is 24.3 Å². The number of anilines is 1. The van der Waals surface area contributed by atoms with Crippen LogP contribution >= 0.6 is 0 Å². The molecule has 2 aromatic heterocycles. The fraction of sp³-hybridized carbons (Fsp3) is 0.538. The van der Waals surface area contributed by atoms with Crippen molar-refractivity contribution in [3.05, 3.63) is 53.5 Å². The minimum Gasteiger partial charge on any atom is -0.378 e. The fourth-order valence-corrected chi connectivity index (χ4v) is 5.34. The topological polar surface area (TPSA) is 60.1 Å². The number of alkyl halides is 2. The van der Waals surface area contributed by atoms with Gasteiger partial charge >= 0.3 is 0 Å². The van der Waals surface area contributed by atoms with Gasteiger partial charge in [0.1, 0.15) is 6.17 Å². The minimum absolute atomic E-state index is 0. The van der Waals surface area contributed by atoms with Crippen LogP contribution in [-0.4, -0.2) is 76.1 Å². The van der Waals surface area contributed by atoms with Gasteiger partial charge in [-0.2, -0.15) is 5.10 Å². The molecule has 4 heterocycles. The highest BCUT2D eigenvalue weighted by molar-refractivity contribution is 5.83. The molecular weight excluding hydrogens is 434 g/mol. The molecule has 1 aromatic carbocycles. The molecule has 3 atom stereocenters. The van der Waals surface area contributed by atoms with E-state index < -0.39 is 6.17 Å². The van der Waals surface area contributed by atoms with Crippen LogP contribution in [0.5, 0.6) is 0 Å². The predicted octanol–water partition coefficient (Wildman–Crippen LogP) is 4.74. The van der Waals surface area contributed by atoms with Crippen LogP contribution in [0.2, 0.25) is 0 Å². The Kier molecular flexibility index (Phi) is 7.48. The van der Waals surface area contributed by atoms with Crippen molar-refractivity contribution in [1.29, 1.82) is 0 Å². The number of benzene rings is 1. The van der Waals surface area contributed by atoms with Crippen LogP contribution in [0.1, 0.15) is 50.6 Å². The van der Waals surface area contributed by atoms with Gasteiger partial charge in [0, 0.05) is 37.6 Å². The standard InChI is InChI=1S/C25H32F2N6.CH4/c1-16(27)13-33-17(2)10-21-20(5-7-23-22(21)12-29-31-23)25(33)24-6-4-18(11-28-24)30-19-14-32(15-19)9-3-8-26;/h4-7,11-12,16-17,19,25,30H,3,8-10,13-15H2,1-2H3,(H,29,31);1H4/t16?,17-,25+;/m1./s1. The monoisotopic (exact) mass is 470 g/mol. The van der Waals surface area contributed by atoms with Crippen molar-refractivity contribution in [1.82, 2.24) is 25.0 Å². The molecule has 1 saturated heterocycles. The maximum Gasteiger partial charge on any atom is 0.110 e. The lowest BCUT2D eigenvalue weighted by molar-refractivity contribution is 0.112. The summed E-state index contributed by atoms with van der Waals surface area (Å²) >= 11 is 0. The van der Waals surface area contributed by atoms with Crippen molar-refractivity contribution in [2.75, 3.05) is 38.2 Å². The van der Waals surface area contributed by atoms with Crippen molar-refractivity contribution in [2.24, 2.45) is 0 Å². The van der Waals surface area contributed by atoms with Crippen LogP contribution in [0, 0.1) is 0 Å². The zero-order valence-electron chi connectivity index (χ0n) is 19.3. The minimum atomic E-state index is -0.922. The molecule has 2 aliphatic heterocycles. The van der Waals surface area contributed by atoms with Gasteiger partial charge in [-0.25, -0.2) is 4.39 Å². The first-order chi connectivity index (χ1) is 16.0. The Morgan fingerprint density at radius 1 is 1.21 bits per heavy atom. The van der Waals surface area contributed by atoms with Gasteiger partial charge in [-0.05, 0) is 56.0 Å². The van der Waals surface area contributed by atoms with Gasteiger partial charge < -0.3 is 5.32 Å². The van der Waals surface area contributed by atoms with Crippen LogP contribution in [0.25, 0.3) is 10.9 Å². The third-order valence-electron chi connectivity index (χ3n) is 6.93. The number of fused-ring (bicyclic) bond motifs is 3. The number of halogens is 2. The highest BCUT2D eigenvalue weighted by atomic mass is 19.1. The molecule has 2 N–H and O–H groups in total. The van der Waals surface area contributed by atoms with E-state index in [0.29, 0.717) is 19.0 Å². The molecular formula is C26H36F2N6. The molecule has 8 heteroatoms. The Hall–Kier alpha value is -2.58. The van der Waals surface area contributed by atoms with Crippen molar-refractivity contribution in [3.63, 3.8) is 0 Å². The number of aromatic nitrogens is 3. The van der Waals surface area contributed by atoms with E-state index in [1.165, 1.54) is 11.1 Å². The van der Waals surface area contributed by atoms with E-state index in [2.05, 4.69) is 56.5 Å². The third-order valence-corrected chi connectivity index (χ3v) is 6.93. The Balaban J connectivity index is 0.00000274. The maximum atomic E-state index is 14.2. The first kappa shape index (κ1) is 24.5. The molecule has 0 saturated carbocycles. The first-order valence-electron chi connectivity index (χ1n) is 11.9. The van der Waals surface area contributed by atoms with Crippen LogP contribution in [0.3, 0.4) is 0 Å². The second-order valence-electron chi connectivity index (χ2n) is 9.51. The van der Waals surface area contributed by atoms with Gasteiger partial charge in [-0.1, -0.05) is 13.5 Å². The van der Waals surface area contributed by atoms with E-state index in [9.17, 15) is 8.78 Å². The van der Waals surface area contributed by atoms with E-state index in [0.717, 1.165) is 48.3 Å². The zero-order chi connectivity index (χ0) is 22.9. The van der Waals surface area contributed by atoms with Crippen LogP contribution in [0.4, 0.5) is 14.5 Å². The summed E-state index contributed by atoms with van der Waals surface area (Å²) in [5, 5.41) is 12.0. The van der Waals surface area contributed by atoms with Crippen molar-refractivity contribution >= 4 is 16.6 Å². The van der Waals surface area contributed by atoms with E-state index in [-0.39, 0.29) is 26.2 Å². The van der Waals surface area contributed by atoms with Gasteiger partial charge in [0.2, 0.25) is 0 Å². The largest absolute Gasteiger partial charge is 0.378 e. The molecule has 2 aliphatic rings. The maximum absolute atomic E-state index is 14.2. The first-order valence-corrected chi connectivity index (χ1v) is 11.9. The van der Waals surface area contributed by atoms with Gasteiger partial charge in [0.25, 0.3) is 0 Å². The van der Waals surface area contributed by atoms with Gasteiger partial charge in [0.05, 0.1) is 48.0 Å². The summed E-state index contributed by atoms with van der Waals surface area (Å²) < 4.78 is 26.5. The molecule has 3 aromatic rings. The Bertz CT molecular complexity index is 1080. The number of rotatable bonds is 8. The molecule has 1 unspecified atom stereocenters. The normalized spacial score (nSPS) is 22.1. The van der Waals surface area contributed by atoms with E-state index >= 15 is 0 Å². The summed E-state index contributed by atoms with van der Waals surface area (Å²) in [6.07, 6.45) is 4.31. The van der Waals surface area contributed by atoms with Gasteiger partial charge in [-0.15, -0.1) is 0 Å². The number of likely N-dealkylation sites (tertiary alicyclic amines) is 1. The Labute approximate surface area is 200 Å². The van der Waals surface area contributed by atoms with Crippen molar-refractivity contribution in [3.8, 4) is 0 Å². The number of nitrogens with zero attached hydrogens (tertiary/aromatic N) is 4. The fourth-order valence-electron chi connectivity index (χ4n) is 5.34. The highest BCUT2D eigenvalue weighted by Crippen LogP contribution is 2.40. The lowest BCUT2D eigenvalue weighted by Crippen LogP contribution is -2.54. The molecule has 1 fully saturated rings. The number of aromatic amines is 1. The molecule has 0 radical (unpaired) electrons. The summed E-state index contributed by atoms with van der Waals surface area (Å²) in [5.41, 5.74) is 5.39. The van der Waals surface area contributed by atoms with E-state index in [1.807, 2.05) is 12.4 Å². The number of nitrogens with one attached hydrogen (secondary N) is 2. The third kappa shape index (κ3) is 4.79. The molecule has 6 nitrogen and oxygen atoms in total.